The number of carbonyl (C=O) groups is 2. The van der Waals surface area contributed by atoms with Crippen molar-refractivity contribution in [2.24, 2.45) is 0 Å². The zero-order valence-electron chi connectivity index (χ0n) is 12.3. The predicted octanol–water partition coefficient (Wildman–Crippen LogP) is 2.97. The Morgan fingerprint density at radius 2 is 2.05 bits per heavy atom. The SMILES string of the molecule is C=CCOC(=O)N1CCC(NC(=O)c2ccccc2Br)CC1. The lowest BCUT2D eigenvalue weighted by Gasteiger charge is -2.31. The summed E-state index contributed by atoms with van der Waals surface area (Å²) in [6.45, 7) is 4.89. The summed E-state index contributed by atoms with van der Waals surface area (Å²) < 4.78 is 5.78. The van der Waals surface area contributed by atoms with Gasteiger partial charge in [0.05, 0.1) is 5.56 Å². The molecule has 0 saturated carbocycles. The van der Waals surface area contributed by atoms with Crippen LogP contribution < -0.4 is 5.32 Å². The molecule has 0 radical (unpaired) electrons. The Balaban J connectivity index is 1.82. The van der Waals surface area contributed by atoms with Gasteiger partial charge in [-0.2, -0.15) is 0 Å². The quantitative estimate of drug-likeness (QED) is 0.833. The molecule has 1 aliphatic rings. The van der Waals surface area contributed by atoms with Gasteiger partial charge in [-0.1, -0.05) is 24.8 Å². The van der Waals surface area contributed by atoms with Crippen LogP contribution >= 0.6 is 15.9 Å². The van der Waals surface area contributed by atoms with Gasteiger partial charge >= 0.3 is 6.09 Å². The zero-order valence-corrected chi connectivity index (χ0v) is 13.8. The Hall–Kier alpha value is -1.82. The number of rotatable bonds is 4. The third-order valence-electron chi connectivity index (χ3n) is 3.53. The van der Waals surface area contributed by atoms with E-state index >= 15 is 0 Å². The van der Waals surface area contributed by atoms with Crippen LogP contribution in [0.4, 0.5) is 4.79 Å². The van der Waals surface area contributed by atoms with Crippen LogP contribution in [0.5, 0.6) is 0 Å². The molecule has 0 aromatic heterocycles. The number of ether oxygens (including phenoxy) is 1. The molecule has 0 atom stereocenters. The van der Waals surface area contributed by atoms with Crippen molar-refractivity contribution >= 4 is 27.9 Å². The number of hydrogen-bond acceptors (Lipinski definition) is 3. The first-order valence-corrected chi connectivity index (χ1v) is 7.99. The van der Waals surface area contributed by atoms with Gasteiger partial charge in [0.2, 0.25) is 0 Å². The Morgan fingerprint density at radius 3 is 2.68 bits per heavy atom. The summed E-state index contributed by atoms with van der Waals surface area (Å²) >= 11 is 3.38. The van der Waals surface area contributed by atoms with E-state index in [1.165, 1.54) is 0 Å². The normalized spacial score (nSPS) is 15.2. The summed E-state index contributed by atoms with van der Waals surface area (Å²) in [4.78, 5) is 25.6. The van der Waals surface area contributed by atoms with Crippen LogP contribution in [0, 0.1) is 0 Å². The minimum absolute atomic E-state index is 0.0723. The number of benzene rings is 1. The number of likely N-dealkylation sites (tertiary alicyclic amines) is 1. The zero-order chi connectivity index (χ0) is 15.9. The number of hydrogen-bond donors (Lipinski definition) is 1. The number of carbonyl (C=O) groups excluding carboxylic acids is 2. The Labute approximate surface area is 138 Å². The second-order valence-electron chi connectivity index (χ2n) is 5.08. The van der Waals surface area contributed by atoms with E-state index in [1.54, 1.807) is 17.0 Å². The molecule has 1 saturated heterocycles. The van der Waals surface area contributed by atoms with Gasteiger partial charge in [-0.25, -0.2) is 4.79 Å². The van der Waals surface area contributed by atoms with Crippen LogP contribution in [0.2, 0.25) is 0 Å². The van der Waals surface area contributed by atoms with E-state index in [-0.39, 0.29) is 24.6 Å². The van der Waals surface area contributed by atoms with E-state index in [2.05, 4.69) is 27.8 Å². The molecular weight excluding hydrogens is 348 g/mol. The largest absolute Gasteiger partial charge is 0.445 e. The van der Waals surface area contributed by atoms with Crippen molar-refractivity contribution < 1.29 is 14.3 Å². The molecule has 0 spiro atoms. The summed E-state index contributed by atoms with van der Waals surface area (Å²) in [5.41, 5.74) is 0.621. The second kappa shape index (κ2) is 7.98. The van der Waals surface area contributed by atoms with E-state index in [0.29, 0.717) is 18.7 Å². The fourth-order valence-electron chi connectivity index (χ4n) is 2.34. The molecular formula is C16H19BrN2O3. The summed E-state index contributed by atoms with van der Waals surface area (Å²) in [6.07, 6.45) is 2.66. The van der Waals surface area contributed by atoms with Crippen LogP contribution in [0.3, 0.4) is 0 Å². The maximum Gasteiger partial charge on any atom is 0.410 e. The summed E-state index contributed by atoms with van der Waals surface area (Å²) in [6, 6.07) is 7.39. The van der Waals surface area contributed by atoms with Crippen molar-refractivity contribution in [2.75, 3.05) is 19.7 Å². The summed E-state index contributed by atoms with van der Waals surface area (Å²) in [7, 11) is 0. The maximum atomic E-state index is 12.2. The average molecular weight is 367 g/mol. The second-order valence-corrected chi connectivity index (χ2v) is 5.93. The Kier molecular flexibility index (Phi) is 6.00. The molecule has 1 heterocycles. The Morgan fingerprint density at radius 1 is 1.36 bits per heavy atom. The number of halogens is 1. The lowest BCUT2D eigenvalue weighted by molar-refractivity contribution is 0.0873. The van der Waals surface area contributed by atoms with Gasteiger partial charge in [-0.05, 0) is 40.9 Å². The van der Waals surface area contributed by atoms with Crippen molar-refractivity contribution in [1.82, 2.24) is 10.2 Å². The van der Waals surface area contributed by atoms with Gasteiger partial charge in [0.25, 0.3) is 5.91 Å². The molecule has 5 nitrogen and oxygen atoms in total. The van der Waals surface area contributed by atoms with Gasteiger partial charge in [-0.3, -0.25) is 4.79 Å². The van der Waals surface area contributed by atoms with Crippen LogP contribution in [0.1, 0.15) is 23.2 Å². The fourth-order valence-corrected chi connectivity index (χ4v) is 2.80. The van der Waals surface area contributed by atoms with E-state index in [4.69, 9.17) is 4.74 Å². The maximum absolute atomic E-state index is 12.2. The molecule has 1 aromatic carbocycles. The lowest BCUT2D eigenvalue weighted by atomic mass is 10.0. The van der Waals surface area contributed by atoms with E-state index in [9.17, 15) is 9.59 Å². The van der Waals surface area contributed by atoms with Crippen molar-refractivity contribution in [3.63, 3.8) is 0 Å². The van der Waals surface area contributed by atoms with Gasteiger partial charge in [0, 0.05) is 23.6 Å². The molecule has 1 N–H and O–H groups in total. The molecule has 1 fully saturated rings. The van der Waals surface area contributed by atoms with Crippen LogP contribution in [0.25, 0.3) is 0 Å². The molecule has 2 amide bonds. The van der Waals surface area contributed by atoms with E-state index in [1.807, 2.05) is 18.2 Å². The Bertz CT molecular complexity index is 554. The van der Waals surface area contributed by atoms with Gasteiger partial charge in [-0.15, -0.1) is 0 Å². The van der Waals surface area contributed by atoms with Crippen molar-refractivity contribution in [3.8, 4) is 0 Å². The predicted molar refractivity (Wildman–Crippen MR) is 87.7 cm³/mol. The molecule has 0 aliphatic carbocycles. The van der Waals surface area contributed by atoms with E-state index in [0.717, 1.165) is 17.3 Å². The number of nitrogens with one attached hydrogen (secondary N) is 1. The monoisotopic (exact) mass is 366 g/mol. The van der Waals surface area contributed by atoms with Crippen LogP contribution in [-0.4, -0.2) is 42.6 Å². The fraction of sp³-hybridized carbons (Fsp3) is 0.375. The molecule has 1 aliphatic heterocycles. The third kappa shape index (κ3) is 4.34. The van der Waals surface area contributed by atoms with Gasteiger partial charge < -0.3 is 15.0 Å². The summed E-state index contributed by atoms with van der Waals surface area (Å²) in [5.74, 6) is -0.0971. The number of amides is 2. The lowest BCUT2D eigenvalue weighted by Crippen LogP contribution is -2.46. The van der Waals surface area contributed by atoms with Crippen molar-refractivity contribution in [1.29, 1.82) is 0 Å². The number of piperidine rings is 1. The van der Waals surface area contributed by atoms with Crippen LogP contribution in [-0.2, 0) is 4.74 Å². The molecule has 0 bridgehead atoms. The topological polar surface area (TPSA) is 58.6 Å². The molecule has 1 aromatic rings. The summed E-state index contributed by atoms with van der Waals surface area (Å²) in [5, 5.41) is 3.01. The number of nitrogens with zero attached hydrogens (tertiary/aromatic N) is 1. The average Bonchev–Trinajstić information content (AvgIpc) is 2.53. The third-order valence-corrected chi connectivity index (χ3v) is 4.22. The minimum Gasteiger partial charge on any atom is -0.445 e. The first-order valence-electron chi connectivity index (χ1n) is 7.20. The van der Waals surface area contributed by atoms with E-state index < -0.39 is 0 Å². The molecule has 2 rings (SSSR count). The highest BCUT2D eigenvalue weighted by Crippen LogP contribution is 2.17. The molecule has 118 valence electrons. The molecule has 22 heavy (non-hydrogen) atoms. The van der Waals surface area contributed by atoms with Crippen molar-refractivity contribution in [2.45, 2.75) is 18.9 Å². The minimum atomic E-state index is -0.324. The first-order chi connectivity index (χ1) is 10.6. The molecule has 6 heteroatoms. The van der Waals surface area contributed by atoms with Gasteiger partial charge in [0.1, 0.15) is 6.61 Å². The highest BCUT2D eigenvalue weighted by Gasteiger charge is 2.25. The highest BCUT2D eigenvalue weighted by atomic mass is 79.9. The standard InChI is InChI=1S/C16H19BrN2O3/c1-2-11-22-16(21)19-9-7-12(8-10-19)18-15(20)13-5-3-4-6-14(13)17/h2-6,12H,1,7-11H2,(H,18,20). The first kappa shape index (κ1) is 16.5. The molecule has 0 unspecified atom stereocenters. The smallest absolute Gasteiger partial charge is 0.410 e. The van der Waals surface area contributed by atoms with Crippen molar-refractivity contribution in [3.05, 3.63) is 47.0 Å². The highest BCUT2D eigenvalue weighted by molar-refractivity contribution is 9.10. The van der Waals surface area contributed by atoms with Crippen LogP contribution in [0.15, 0.2) is 41.4 Å². The van der Waals surface area contributed by atoms with Gasteiger partial charge in [0.15, 0.2) is 0 Å².